The lowest BCUT2D eigenvalue weighted by molar-refractivity contribution is -0.126. The number of carbonyl (C=O) groups is 2. The summed E-state index contributed by atoms with van der Waals surface area (Å²) in [6.45, 7) is 1.75. The molecule has 1 saturated carbocycles. The Labute approximate surface area is 159 Å². The van der Waals surface area contributed by atoms with Crippen molar-refractivity contribution in [3.63, 3.8) is 0 Å². The van der Waals surface area contributed by atoms with Gasteiger partial charge in [-0.3, -0.25) is 9.59 Å². The predicted octanol–water partition coefficient (Wildman–Crippen LogP) is 0.0544. The van der Waals surface area contributed by atoms with E-state index in [-0.39, 0.29) is 28.7 Å². The van der Waals surface area contributed by atoms with Gasteiger partial charge in [0.2, 0.25) is 15.9 Å². The molecule has 1 aromatic rings. The summed E-state index contributed by atoms with van der Waals surface area (Å²) < 4.78 is 27.0. The second-order valence-corrected chi connectivity index (χ2v) is 8.80. The first kappa shape index (κ1) is 19.8. The van der Waals surface area contributed by atoms with Gasteiger partial charge in [0.1, 0.15) is 0 Å². The Hall–Kier alpha value is -1.97. The number of nitrogens with zero attached hydrogens (tertiary/aromatic N) is 1. The SMILES string of the molecule is NCCNC(=O)C1CCCN(C(=O)c2ccc(S(=O)(=O)NC3CC3)cc2)C1. The molecule has 27 heavy (non-hydrogen) atoms. The van der Waals surface area contributed by atoms with Gasteiger partial charge in [-0.2, -0.15) is 0 Å². The van der Waals surface area contributed by atoms with Crippen molar-refractivity contribution in [2.24, 2.45) is 11.7 Å². The summed E-state index contributed by atoms with van der Waals surface area (Å²) >= 11 is 0. The number of sulfonamides is 1. The minimum atomic E-state index is -3.53. The fraction of sp³-hybridized carbons (Fsp3) is 0.556. The highest BCUT2D eigenvalue weighted by atomic mass is 32.2. The first-order valence-electron chi connectivity index (χ1n) is 9.30. The number of piperidine rings is 1. The molecule has 0 aromatic heterocycles. The van der Waals surface area contributed by atoms with Crippen molar-refractivity contribution >= 4 is 21.8 Å². The van der Waals surface area contributed by atoms with Crippen molar-refractivity contribution < 1.29 is 18.0 Å². The number of nitrogens with two attached hydrogens (primary N) is 1. The van der Waals surface area contributed by atoms with Crippen LogP contribution in [0.5, 0.6) is 0 Å². The molecule has 4 N–H and O–H groups in total. The van der Waals surface area contributed by atoms with Gasteiger partial charge in [0, 0.05) is 37.8 Å². The van der Waals surface area contributed by atoms with Gasteiger partial charge in [0.15, 0.2) is 0 Å². The molecule has 3 rings (SSSR count). The number of amides is 2. The van der Waals surface area contributed by atoms with Crippen LogP contribution in [0.1, 0.15) is 36.0 Å². The van der Waals surface area contributed by atoms with Crippen LogP contribution in [0, 0.1) is 5.92 Å². The molecule has 8 nitrogen and oxygen atoms in total. The van der Waals surface area contributed by atoms with Crippen LogP contribution in [0.4, 0.5) is 0 Å². The Balaban J connectivity index is 1.63. The fourth-order valence-electron chi connectivity index (χ4n) is 3.16. The molecule has 1 atom stereocenters. The maximum absolute atomic E-state index is 12.7. The third-order valence-electron chi connectivity index (χ3n) is 4.83. The van der Waals surface area contributed by atoms with E-state index in [1.54, 1.807) is 4.90 Å². The molecule has 1 aliphatic carbocycles. The van der Waals surface area contributed by atoms with Crippen molar-refractivity contribution in [2.75, 3.05) is 26.2 Å². The van der Waals surface area contributed by atoms with E-state index in [1.165, 1.54) is 24.3 Å². The summed E-state index contributed by atoms with van der Waals surface area (Å²) in [5, 5.41) is 2.77. The molecule has 1 aromatic carbocycles. The van der Waals surface area contributed by atoms with Crippen molar-refractivity contribution in [1.82, 2.24) is 14.9 Å². The molecule has 1 saturated heterocycles. The summed E-state index contributed by atoms with van der Waals surface area (Å²) in [7, 11) is -3.53. The molecular weight excluding hydrogens is 368 g/mol. The van der Waals surface area contributed by atoms with Gasteiger partial charge in [-0.25, -0.2) is 13.1 Å². The van der Waals surface area contributed by atoms with Crippen LogP contribution in [0.15, 0.2) is 29.2 Å². The maximum atomic E-state index is 12.7. The number of likely N-dealkylation sites (tertiary alicyclic amines) is 1. The van der Waals surface area contributed by atoms with Gasteiger partial charge < -0.3 is 16.0 Å². The van der Waals surface area contributed by atoms with E-state index in [2.05, 4.69) is 10.0 Å². The van der Waals surface area contributed by atoms with E-state index >= 15 is 0 Å². The van der Waals surface area contributed by atoms with Gasteiger partial charge >= 0.3 is 0 Å². The molecule has 2 aliphatic rings. The molecule has 0 radical (unpaired) electrons. The molecule has 2 amide bonds. The Morgan fingerprint density at radius 2 is 1.85 bits per heavy atom. The Kier molecular flexibility index (Phi) is 6.13. The first-order chi connectivity index (χ1) is 12.9. The Bertz CT molecular complexity index is 790. The molecule has 1 heterocycles. The zero-order valence-corrected chi connectivity index (χ0v) is 16.0. The summed E-state index contributed by atoms with van der Waals surface area (Å²) in [6, 6.07) is 6.00. The van der Waals surface area contributed by atoms with Crippen molar-refractivity contribution in [3.8, 4) is 0 Å². The summed E-state index contributed by atoms with van der Waals surface area (Å²) in [5.74, 6) is -0.507. The number of nitrogens with one attached hydrogen (secondary N) is 2. The number of hydrogen-bond donors (Lipinski definition) is 3. The fourth-order valence-corrected chi connectivity index (χ4v) is 4.47. The largest absolute Gasteiger partial charge is 0.355 e. The normalized spacial score (nSPS) is 20.3. The third kappa shape index (κ3) is 5.06. The minimum Gasteiger partial charge on any atom is -0.355 e. The molecule has 148 valence electrons. The quantitative estimate of drug-likeness (QED) is 0.603. The standard InChI is InChI=1S/C18H26N4O4S/c19-9-10-20-17(23)14-2-1-11-22(12-14)18(24)13-3-7-16(8-4-13)27(25,26)21-15-5-6-15/h3-4,7-8,14-15,21H,1-2,5-6,9-12,19H2,(H,20,23). The van der Waals surface area contributed by atoms with Gasteiger partial charge in [0.05, 0.1) is 10.8 Å². The van der Waals surface area contributed by atoms with Crippen molar-refractivity contribution in [1.29, 1.82) is 0 Å². The highest BCUT2D eigenvalue weighted by Gasteiger charge is 2.30. The second kappa shape index (κ2) is 8.37. The number of carbonyl (C=O) groups excluding carboxylic acids is 2. The van der Waals surface area contributed by atoms with Crippen molar-refractivity contribution in [3.05, 3.63) is 29.8 Å². The van der Waals surface area contributed by atoms with Crippen molar-refractivity contribution in [2.45, 2.75) is 36.6 Å². The summed E-state index contributed by atoms with van der Waals surface area (Å²) in [4.78, 5) is 26.7. The average molecular weight is 394 g/mol. The van der Waals surface area contributed by atoms with Gasteiger partial charge in [-0.15, -0.1) is 0 Å². The molecule has 1 aliphatic heterocycles. The zero-order chi connectivity index (χ0) is 19.4. The van der Waals surface area contributed by atoms with E-state index in [0.29, 0.717) is 31.7 Å². The van der Waals surface area contributed by atoms with E-state index in [0.717, 1.165) is 25.7 Å². The smallest absolute Gasteiger partial charge is 0.253 e. The number of rotatable bonds is 7. The number of benzene rings is 1. The van der Waals surface area contributed by atoms with E-state index in [1.807, 2.05) is 0 Å². The second-order valence-electron chi connectivity index (χ2n) is 7.09. The number of hydrogen-bond acceptors (Lipinski definition) is 5. The van der Waals surface area contributed by atoms with Crippen LogP contribution in [-0.2, 0) is 14.8 Å². The lowest BCUT2D eigenvalue weighted by atomic mass is 9.96. The molecule has 0 bridgehead atoms. The molecule has 0 spiro atoms. The Morgan fingerprint density at radius 3 is 2.48 bits per heavy atom. The lowest BCUT2D eigenvalue weighted by Crippen LogP contribution is -2.46. The van der Waals surface area contributed by atoms with Gasteiger partial charge in [0.25, 0.3) is 5.91 Å². The summed E-state index contributed by atoms with van der Waals surface area (Å²) in [5.41, 5.74) is 5.82. The highest BCUT2D eigenvalue weighted by Crippen LogP contribution is 2.23. The topological polar surface area (TPSA) is 122 Å². The predicted molar refractivity (Wildman–Crippen MR) is 100 cm³/mol. The zero-order valence-electron chi connectivity index (χ0n) is 15.2. The van der Waals surface area contributed by atoms with E-state index in [9.17, 15) is 18.0 Å². The highest BCUT2D eigenvalue weighted by molar-refractivity contribution is 7.89. The van der Waals surface area contributed by atoms with Crippen LogP contribution < -0.4 is 15.8 Å². The lowest BCUT2D eigenvalue weighted by Gasteiger charge is -2.32. The first-order valence-corrected chi connectivity index (χ1v) is 10.8. The molecule has 2 fully saturated rings. The van der Waals surface area contributed by atoms with Crippen LogP contribution in [0.2, 0.25) is 0 Å². The third-order valence-corrected chi connectivity index (χ3v) is 6.37. The van der Waals surface area contributed by atoms with Crippen LogP contribution >= 0.6 is 0 Å². The van der Waals surface area contributed by atoms with Crippen LogP contribution in [0.25, 0.3) is 0 Å². The monoisotopic (exact) mass is 394 g/mol. The van der Waals surface area contributed by atoms with Gasteiger partial charge in [-0.1, -0.05) is 0 Å². The van der Waals surface area contributed by atoms with Crippen LogP contribution in [-0.4, -0.2) is 57.4 Å². The van der Waals surface area contributed by atoms with E-state index in [4.69, 9.17) is 5.73 Å². The van der Waals surface area contributed by atoms with E-state index < -0.39 is 10.0 Å². The molecular formula is C18H26N4O4S. The average Bonchev–Trinajstić information content (AvgIpc) is 3.49. The summed E-state index contributed by atoms with van der Waals surface area (Å²) in [6.07, 6.45) is 3.23. The van der Waals surface area contributed by atoms with Gasteiger partial charge in [-0.05, 0) is 49.9 Å². The molecule has 1 unspecified atom stereocenters. The molecule has 9 heteroatoms. The van der Waals surface area contributed by atoms with Crippen LogP contribution in [0.3, 0.4) is 0 Å². The minimum absolute atomic E-state index is 0.0343. The Morgan fingerprint density at radius 1 is 1.15 bits per heavy atom. The maximum Gasteiger partial charge on any atom is 0.253 e.